The van der Waals surface area contributed by atoms with Gasteiger partial charge in [-0.3, -0.25) is 0 Å². The van der Waals surface area contributed by atoms with E-state index in [1.54, 1.807) is 0 Å². The Labute approximate surface area is 187 Å². The third-order valence-corrected chi connectivity index (χ3v) is 5.70. The van der Waals surface area contributed by atoms with Crippen LogP contribution in [0.1, 0.15) is 42.9 Å². The number of halogens is 4. The molecule has 2 N–H and O–H groups in total. The zero-order valence-electron chi connectivity index (χ0n) is 17.7. The summed E-state index contributed by atoms with van der Waals surface area (Å²) in [5.41, 5.74) is 0.644. The monoisotopic (exact) mass is 455 g/mol. The van der Waals surface area contributed by atoms with Crippen LogP contribution in [0.15, 0.2) is 54.6 Å². The standard InChI is InChI=1S/C23H28F3N3O.ClH/c1-29(2)21(16-7-4-3-5-8-16)17-11-13-19(14-12-17)27-22(30)28-20-10-6-9-18(15-20)23(24,25)26;/h3-10,15,17,19,21H,11-14H2,1-2H3,(H2,27,28,30);1H. The molecule has 1 saturated carbocycles. The molecule has 1 fully saturated rings. The van der Waals surface area contributed by atoms with E-state index < -0.39 is 17.8 Å². The van der Waals surface area contributed by atoms with Gasteiger partial charge in [-0.05, 0) is 69.5 Å². The van der Waals surface area contributed by atoms with Gasteiger partial charge in [0.05, 0.1) is 5.56 Å². The average Bonchev–Trinajstić information content (AvgIpc) is 2.69. The molecule has 2 amide bonds. The van der Waals surface area contributed by atoms with E-state index in [-0.39, 0.29) is 24.1 Å². The van der Waals surface area contributed by atoms with Crippen LogP contribution < -0.4 is 10.6 Å². The van der Waals surface area contributed by atoms with Crippen molar-refractivity contribution in [1.29, 1.82) is 0 Å². The first-order valence-electron chi connectivity index (χ1n) is 10.2. The van der Waals surface area contributed by atoms with Crippen molar-refractivity contribution in [1.82, 2.24) is 10.2 Å². The molecule has 3 rings (SSSR count). The summed E-state index contributed by atoms with van der Waals surface area (Å²) in [5.74, 6) is 0.493. The van der Waals surface area contributed by atoms with Crippen LogP contribution in [0.4, 0.5) is 23.7 Å². The number of anilines is 1. The third kappa shape index (κ3) is 6.87. The largest absolute Gasteiger partial charge is 0.416 e. The molecule has 31 heavy (non-hydrogen) atoms. The fourth-order valence-electron chi connectivity index (χ4n) is 4.35. The van der Waals surface area contributed by atoms with Gasteiger partial charge in [0.2, 0.25) is 0 Å². The maximum Gasteiger partial charge on any atom is 0.416 e. The number of benzene rings is 2. The van der Waals surface area contributed by atoms with Crippen LogP contribution in [0.5, 0.6) is 0 Å². The molecule has 1 aliphatic rings. The average molecular weight is 456 g/mol. The highest BCUT2D eigenvalue weighted by Gasteiger charge is 2.31. The molecule has 0 radical (unpaired) electrons. The number of rotatable bonds is 5. The maximum absolute atomic E-state index is 12.8. The van der Waals surface area contributed by atoms with Crippen molar-refractivity contribution in [3.8, 4) is 0 Å². The van der Waals surface area contributed by atoms with Crippen LogP contribution in [0.3, 0.4) is 0 Å². The van der Waals surface area contributed by atoms with Gasteiger partial charge in [-0.2, -0.15) is 13.2 Å². The van der Waals surface area contributed by atoms with Crippen LogP contribution >= 0.6 is 12.4 Å². The summed E-state index contributed by atoms with van der Waals surface area (Å²) in [6, 6.07) is 15.0. The van der Waals surface area contributed by atoms with E-state index in [9.17, 15) is 18.0 Å². The molecular formula is C23H29ClF3N3O. The van der Waals surface area contributed by atoms with E-state index in [2.05, 4.69) is 53.9 Å². The van der Waals surface area contributed by atoms with Gasteiger partial charge < -0.3 is 15.5 Å². The lowest BCUT2D eigenvalue weighted by atomic mass is 9.79. The summed E-state index contributed by atoms with van der Waals surface area (Å²) in [4.78, 5) is 14.5. The lowest BCUT2D eigenvalue weighted by Crippen LogP contribution is -2.41. The second kappa shape index (κ2) is 10.9. The number of nitrogens with zero attached hydrogens (tertiary/aromatic N) is 1. The summed E-state index contributed by atoms with van der Waals surface area (Å²) in [6.07, 6.45) is -0.789. The Hall–Kier alpha value is -2.25. The first-order valence-corrected chi connectivity index (χ1v) is 10.2. The molecule has 0 aliphatic heterocycles. The lowest BCUT2D eigenvalue weighted by Gasteiger charge is -2.37. The molecule has 1 unspecified atom stereocenters. The summed E-state index contributed by atoms with van der Waals surface area (Å²) in [5, 5.41) is 5.43. The smallest absolute Gasteiger partial charge is 0.335 e. The van der Waals surface area contributed by atoms with Gasteiger partial charge in [-0.25, -0.2) is 4.79 Å². The van der Waals surface area contributed by atoms with Crippen molar-refractivity contribution in [2.24, 2.45) is 5.92 Å². The van der Waals surface area contributed by atoms with E-state index in [0.717, 1.165) is 37.8 Å². The van der Waals surface area contributed by atoms with E-state index in [1.165, 1.54) is 17.7 Å². The van der Waals surface area contributed by atoms with Crippen molar-refractivity contribution in [2.45, 2.75) is 43.9 Å². The molecule has 0 saturated heterocycles. The van der Waals surface area contributed by atoms with Crippen LogP contribution in [-0.4, -0.2) is 31.1 Å². The SMILES string of the molecule is CN(C)C(c1ccccc1)C1CCC(NC(=O)Nc2cccc(C(F)(F)F)c2)CC1.Cl. The number of amides is 2. The fraction of sp³-hybridized carbons (Fsp3) is 0.435. The van der Waals surface area contributed by atoms with Crippen molar-refractivity contribution in [2.75, 3.05) is 19.4 Å². The first kappa shape index (κ1) is 25.0. The van der Waals surface area contributed by atoms with E-state index in [4.69, 9.17) is 0 Å². The minimum Gasteiger partial charge on any atom is -0.335 e. The Morgan fingerprint density at radius 2 is 1.65 bits per heavy atom. The number of alkyl halides is 3. The second-order valence-corrected chi connectivity index (χ2v) is 8.11. The minimum absolute atomic E-state index is 0. The molecule has 8 heteroatoms. The number of nitrogens with one attached hydrogen (secondary N) is 2. The van der Waals surface area contributed by atoms with Crippen molar-refractivity contribution < 1.29 is 18.0 Å². The zero-order chi connectivity index (χ0) is 21.7. The van der Waals surface area contributed by atoms with Crippen molar-refractivity contribution >= 4 is 24.1 Å². The van der Waals surface area contributed by atoms with Gasteiger partial charge in [0.15, 0.2) is 0 Å². The molecule has 0 aromatic heterocycles. The number of hydrogen-bond acceptors (Lipinski definition) is 2. The number of carbonyl (C=O) groups excluding carboxylic acids is 1. The van der Waals surface area contributed by atoms with Crippen LogP contribution in [-0.2, 0) is 6.18 Å². The molecule has 0 bridgehead atoms. The summed E-state index contributed by atoms with van der Waals surface area (Å²) in [7, 11) is 4.18. The van der Waals surface area contributed by atoms with Gasteiger partial charge in [-0.1, -0.05) is 36.4 Å². The Morgan fingerprint density at radius 3 is 2.23 bits per heavy atom. The van der Waals surface area contributed by atoms with Crippen molar-refractivity contribution in [3.05, 3.63) is 65.7 Å². The summed E-state index contributed by atoms with van der Waals surface area (Å²) in [6.45, 7) is 0. The maximum atomic E-state index is 12.8. The van der Waals surface area contributed by atoms with E-state index >= 15 is 0 Å². The van der Waals surface area contributed by atoms with Crippen LogP contribution in [0.25, 0.3) is 0 Å². The van der Waals surface area contributed by atoms with Crippen molar-refractivity contribution in [3.63, 3.8) is 0 Å². The van der Waals surface area contributed by atoms with Crippen LogP contribution in [0, 0.1) is 5.92 Å². The zero-order valence-corrected chi connectivity index (χ0v) is 18.5. The minimum atomic E-state index is -4.44. The number of urea groups is 1. The second-order valence-electron chi connectivity index (χ2n) is 8.11. The lowest BCUT2D eigenvalue weighted by molar-refractivity contribution is -0.137. The van der Waals surface area contributed by atoms with Gasteiger partial charge >= 0.3 is 12.2 Å². The number of carbonyl (C=O) groups is 1. The molecule has 0 spiro atoms. The Balaban J connectivity index is 0.00000341. The topological polar surface area (TPSA) is 44.4 Å². The van der Waals surface area contributed by atoms with Gasteiger partial charge in [-0.15, -0.1) is 12.4 Å². The molecule has 4 nitrogen and oxygen atoms in total. The quantitative estimate of drug-likeness (QED) is 0.571. The highest BCUT2D eigenvalue weighted by Crippen LogP contribution is 2.37. The molecule has 1 atom stereocenters. The highest BCUT2D eigenvalue weighted by molar-refractivity contribution is 5.89. The fourth-order valence-corrected chi connectivity index (χ4v) is 4.35. The summed E-state index contributed by atoms with van der Waals surface area (Å²) < 4.78 is 38.5. The number of hydrogen-bond donors (Lipinski definition) is 2. The summed E-state index contributed by atoms with van der Waals surface area (Å²) >= 11 is 0. The Bertz CT molecular complexity index is 837. The normalized spacial score (nSPS) is 19.9. The molecular weight excluding hydrogens is 427 g/mol. The first-order chi connectivity index (χ1) is 14.2. The Kier molecular flexibility index (Phi) is 8.77. The van der Waals surface area contributed by atoms with Gasteiger partial charge in [0.1, 0.15) is 0 Å². The molecule has 2 aromatic rings. The van der Waals surface area contributed by atoms with E-state index in [0.29, 0.717) is 12.0 Å². The molecule has 170 valence electrons. The molecule has 2 aromatic carbocycles. The third-order valence-electron chi connectivity index (χ3n) is 5.70. The predicted molar refractivity (Wildman–Crippen MR) is 119 cm³/mol. The Morgan fingerprint density at radius 1 is 1.00 bits per heavy atom. The predicted octanol–water partition coefficient (Wildman–Crippen LogP) is 6.11. The highest BCUT2D eigenvalue weighted by atomic mass is 35.5. The van der Waals surface area contributed by atoms with Gasteiger partial charge in [0, 0.05) is 17.8 Å². The van der Waals surface area contributed by atoms with Crippen LogP contribution in [0.2, 0.25) is 0 Å². The van der Waals surface area contributed by atoms with E-state index in [1.807, 2.05) is 6.07 Å². The molecule has 1 aliphatic carbocycles. The van der Waals surface area contributed by atoms with Gasteiger partial charge in [0.25, 0.3) is 0 Å². The molecule has 0 heterocycles.